The van der Waals surface area contributed by atoms with Crippen LogP contribution >= 0.6 is 0 Å². The molecule has 0 saturated carbocycles. The summed E-state index contributed by atoms with van der Waals surface area (Å²) in [5.41, 5.74) is 1.87. The van der Waals surface area contributed by atoms with Gasteiger partial charge in [-0.1, -0.05) is 36.9 Å². The molecule has 2 heterocycles. The smallest absolute Gasteiger partial charge is 0.410 e. The maximum Gasteiger partial charge on any atom is 0.410 e. The highest BCUT2D eigenvalue weighted by Crippen LogP contribution is 2.23. The Morgan fingerprint density at radius 3 is 2.20 bits per heavy atom. The first-order valence-electron chi connectivity index (χ1n) is 9.05. The van der Waals surface area contributed by atoms with Gasteiger partial charge in [-0.15, -0.1) is 0 Å². The van der Waals surface area contributed by atoms with Crippen molar-refractivity contribution < 1.29 is 9.53 Å². The highest BCUT2D eigenvalue weighted by atomic mass is 16.6. The van der Waals surface area contributed by atoms with Crippen LogP contribution in [0.1, 0.15) is 26.3 Å². The number of piperazine rings is 1. The van der Waals surface area contributed by atoms with E-state index in [-0.39, 0.29) is 6.09 Å². The third-order valence-corrected chi connectivity index (χ3v) is 4.83. The summed E-state index contributed by atoms with van der Waals surface area (Å²) in [5.74, 6) is 0. The number of ether oxygens (including phenoxy) is 1. The molecule has 0 spiro atoms. The molecule has 136 valence electrons. The average molecular weight is 343 g/mol. The zero-order valence-corrected chi connectivity index (χ0v) is 15.6. The molecule has 2 saturated heterocycles. The van der Waals surface area contributed by atoms with Crippen LogP contribution in [0.3, 0.4) is 0 Å². The van der Waals surface area contributed by atoms with Gasteiger partial charge in [0.25, 0.3) is 0 Å². The number of nitrogens with zero attached hydrogens (tertiary/aromatic N) is 3. The lowest BCUT2D eigenvalue weighted by atomic mass is 10.1. The minimum atomic E-state index is -0.425. The number of likely N-dealkylation sites (tertiary alicyclic amines) is 1. The van der Waals surface area contributed by atoms with Gasteiger partial charge in [0.15, 0.2) is 0 Å². The second-order valence-corrected chi connectivity index (χ2v) is 7.87. The van der Waals surface area contributed by atoms with Gasteiger partial charge in [-0.05, 0) is 26.3 Å². The third-order valence-electron chi connectivity index (χ3n) is 4.83. The van der Waals surface area contributed by atoms with Crippen molar-refractivity contribution >= 4 is 11.8 Å². The average Bonchev–Trinajstić information content (AvgIpc) is 2.52. The number of carbonyl (C=O) groups excluding carboxylic acids is 1. The molecule has 5 nitrogen and oxygen atoms in total. The van der Waals surface area contributed by atoms with Crippen LogP contribution in [0.5, 0.6) is 0 Å². The molecular formula is C20H29N3O2. The molecule has 0 aliphatic carbocycles. The zero-order valence-electron chi connectivity index (χ0n) is 15.6. The lowest BCUT2D eigenvalue weighted by molar-refractivity contribution is -0.0214. The molecule has 5 heteroatoms. The first kappa shape index (κ1) is 17.8. The molecular weight excluding hydrogens is 314 g/mol. The molecule has 1 amide bonds. The molecule has 0 aromatic heterocycles. The lowest BCUT2D eigenvalue weighted by Gasteiger charge is -2.48. The summed E-state index contributed by atoms with van der Waals surface area (Å²) in [6.45, 7) is 15.5. The maximum atomic E-state index is 12.0. The fraction of sp³-hybridized carbons (Fsp3) is 0.550. The van der Waals surface area contributed by atoms with E-state index >= 15 is 0 Å². The van der Waals surface area contributed by atoms with Gasteiger partial charge in [0, 0.05) is 51.0 Å². The minimum absolute atomic E-state index is 0.195. The molecule has 2 aliphatic heterocycles. The Hall–Kier alpha value is -2.01. The molecule has 0 bridgehead atoms. The summed E-state index contributed by atoms with van der Waals surface area (Å²) in [4.78, 5) is 18.7. The van der Waals surface area contributed by atoms with Crippen LogP contribution in [0.2, 0.25) is 0 Å². The van der Waals surface area contributed by atoms with Crippen molar-refractivity contribution in [2.24, 2.45) is 0 Å². The number of hydrogen-bond acceptors (Lipinski definition) is 4. The summed E-state index contributed by atoms with van der Waals surface area (Å²) in [7, 11) is 0. The van der Waals surface area contributed by atoms with Crippen molar-refractivity contribution in [2.75, 3.05) is 39.3 Å². The first-order chi connectivity index (χ1) is 11.8. The number of benzene rings is 1. The molecule has 1 aromatic rings. The third kappa shape index (κ3) is 4.34. The molecule has 0 atom stereocenters. The van der Waals surface area contributed by atoms with Gasteiger partial charge >= 0.3 is 6.09 Å². The summed E-state index contributed by atoms with van der Waals surface area (Å²) in [5, 5.41) is 0. The fourth-order valence-electron chi connectivity index (χ4n) is 3.33. The van der Waals surface area contributed by atoms with Gasteiger partial charge in [-0.25, -0.2) is 4.79 Å². The molecule has 1 aromatic carbocycles. The number of hydrogen-bond donors (Lipinski definition) is 0. The van der Waals surface area contributed by atoms with Crippen LogP contribution in [0.25, 0.3) is 5.70 Å². The van der Waals surface area contributed by atoms with E-state index in [1.807, 2.05) is 26.8 Å². The van der Waals surface area contributed by atoms with E-state index < -0.39 is 5.60 Å². The van der Waals surface area contributed by atoms with E-state index in [9.17, 15) is 4.79 Å². The van der Waals surface area contributed by atoms with E-state index in [0.717, 1.165) is 45.0 Å². The second kappa shape index (κ2) is 7.08. The van der Waals surface area contributed by atoms with Crippen LogP contribution in [0, 0.1) is 0 Å². The van der Waals surface area contributed by atoms with E-state index in [0.29, 0.717) is 6.04 Å². The van der Waals surface area contributed by atoms with Gasteiger partial charge in [0.05, 0.1) is 0 Å². The van der Waals surface area contributed by atoms with Crippen molar-refractivity contribution in [3.8, 4) is 0 Å². The summed E-state index contributed by atoms with van der Waals surface area (Å²) in [6.07, 6.45) is -0.195. The van der Waals surface area contributed by atoms with Crippen LogP contribution in [-0.4, -0.2) is 71.7 Å². The topological polar surface area (TPSA) is 36.0 Å². The van der Waals surface area contributed by atoms with Crippen molar-refractivity contribution in [3.05, 3.63) is 42.5 Å². The van der Waals surface area contributed by atoms with Crippen LogP contribution in [0.4, 0.5) is 4.79 Å². The van der Waals surface area contributed by atoms with Crippen LogP contribution in [-0.2, 0) is 4.74 Å². The van der Waals surface area contributed by atoms with E-state index in [2.05, 4.69) is 40.6 Å². The summed E-state index contributed by atoms with van der Waals surface area (Å²) >= 11 is 0. The number of carbonyl (C=O) groups is 1. The number of amides is 1. The van der Waals surface area contributed by atoms with Gasteiger partial charge in [0.1, 0.15) is 5.60 Å². The highest BCUT2D eigenvalue weighted by molar-refractivity contribution is 5.69. The molecule has 0 N–H and O–H groups in total. The monoisotopic (exact) mass is 343 g/mol. The molecule has 2 aliphatic rings. The molecule has 0 radical (unpaired) electrons. The quantitative estimate of drug-likeness (QED) is 0.845. The van der Waals surface area contributed by atoms with Crippen molar-refractivity contribution in [2.45, 2.75) is 32.4 Å². The van der Waals surface area contributed by atoms with Crippen molar-refractivity contribution in [3.63, 3.8) is 0 Å². The van der Waals surface area contributed by atoms with E-state index in [1.54, 1.807) is 4.90 Å². The van der Waals surface area contributed by atoms with E-state index in [4.69, 9.17) is 4.74 Å². The Labute approximate surface area is 150 Å². The Bertz CT molecular complexity index is 610. The Balaban J connectivity index is 1.43. The number of rotatable bonds is 3. The molecule has 0 unspecified atom stereocenters. The van der Waals surface area contributed by atoms with Crippen molar-refractivity contribution in [1.29, 1.82) is 0 Å². The second-order valence-electron chi connectivity index (χ2n) is 7.87. The first-order valence-corrected chi connectivity index (χ1v) is 9.05. The molecule has 25 heavy (non-hydrogen) atoms. The predicted octanol–water partition coefficient (Wildman–Crippen LogP) is 2.89. The highest BCUT2D eigenvalue weighted by Gasteiger charge is 2.38. The summed E-state index contributed by atoms with van der Waals surface area (Å²) in [6, 6.07) is 10.8. The minimum Gasteiger partial charge on any atom is -0.444 e. The van der Waals surface area contributed by atoms with Gasteiger partial charge in [0.2, 0.25) is 0 Å². The van der Waals surface area contributed by atoms with Crippen LogP contribution < -0.4 is 0 Å². The predicted molar refractivity (Wildman–Crippen MR) is 100 cm³/mol. The van der Waals surface area contributed by atoms with Gasteiger partial charge in [-0.3, -0.25) is 4.90 Å². The maximum absolute atomic E-state index is 12.0. The molecule has 2 fully saturated rings. The fourth-order valence-corrected chi connectivity index (χ4v) is 3.33. The largest absolute Gasteiger partial charge is 0.444 e. The normalized spacial score (nSPS) is 19.5. The zero-order chi connectivity index (χ0) is 18.0. The Morgan fingerprint density at radius 2 is 1.64 bits per heavy atom. The van der Waals surface area contributed by atoms with Crippen LogP contribution in [0.15, 0.2) is 36.9 Å². The van der Waals surface area contributed by atoms with Gasteiger partial charge < -0.3 is 14.5 Å². The van der Waals surface area contributed by atoms with Gasteiger partial charge in [-0.2, -0.15) is 0 Å². The summed E-state index contributed by atoms with van der Waals surface area (Å²) < 4.78 is 5.42. The van der Waals surface area contributed by atoms with E-state index in [1.165, 1.54) is 5.56 Å². The standard InChI is InChI=1S/C20H29N3O2/c1-16(17-8-6-5-7-9-17)21-10-12-22(13-11-21)18-14-23(15-18)19(24)25-20(2,3)4/h5-9,18H,1,10-15H2,2-4H3. The van der Waals surface area contributed by atoms with Crippen molar-refractivity contribution in [1.82, 2.24) is 14.7 Å². The SMILES string of the molecule is C=C(c1ccccc1)N1CCN(C2CN(C(=O)OC(C)(C)C)C2)CC1. The Kier molecular flexibility index (Phi) is 5.04. The molecule has 3 rings (SSSR count). The lowest BCUT2D eigenvalue weighted by Crippen LogP contribution is -2.64. The Morgan fingerprint density at radius 1 is 1.04 bits per heavy atom.